The van der Waals surface area contributed by atoms with Crippen LogP contribution in [0.1, 0.15) is 34.5 Å². The maximum absolute atomic E-state index is 12.4. The normalized spacial score (nSPS) is 13.3. The number of hydrogen-bond donors (Lipinski definition) is 1. The lowest BCUT2D eigenvalue weighted by Gasteiger charge is -2.10. The van der Waals surface area contributed by atoms with E-state index in [2.05, 4.69) is 22.6 Å². The predicted molar refractivity (Wildman–Crippen MR) is 93.0 cm³/mol. The Bertz CT molecular complexity index is 851. The number of nitrogens with one attached hydrogen (secondary N) is 1. The fourth-order valence-corrected chi connectivity index (χ4v) is 3.11. The number of hydrogen-bond acceptors (Lipinski definition) is 3. The molecule has 0 saturated carbocycles. The van der Waals surface area contributed by atoms with Crippen LogP contribution in [0.5, 0.6) is 0 Å². The lowest BCUT2D eigenvalue weighted by atomic mass is 9.97. The second-order valence-electron chi connectivity index (χ2n) is 6.04. The lowest BCUT2D eigenvalue weighted by molar-refractivity contribution is 0.102. The van der Waals surface area contributed by atoms with E-state index in [0.717, 1.165) is 48.1 Å². The molecule has 1 aliphatic carbocycles. The van der Waals surface area contributed by atoms with Crippen LogP contribution in [0.15, 0.2) is 59.1 Å². The molecule has 1 amide bonds. The van der Waals surface area contributed by atoms with Gasteiger partial charge in [-0.25, -0.2) is 0 Å². The number of amides is 1. The van der Waals surface area contributed by atoms with Gasteiger partial charge in [-0.3, -0.25) is 10.1 Å². The van der Waals surface area contributed by atoms with E-state index >= 15 is 0 Å². The minimum Gasteiger partial charge on any atom is -0.338 e. The number of anilines is 1. The zero-order chi connectivity index (χ0) is 16.4. The second-order valence-corrected chi connectivity index (χ2v) is 6.04. The average molecular weight is 318 g/mol. The highest BCUT2D eigenvalue weighted by Crippen LogP contribution is 2.28. The quantitative estimate of drug-likeness (QED) is 0.775. The summed E-state index contributed by atoms with van der Waals surface area (Å²) in [7, 11) is 0. The molecule has 120 valence electrons. The largest absolute Gasteiger partial charge is 0.338 e. The van der Waals surface area contributed by atoms with Crippen LogP contribution < -0.4 is 5.32 Å². The Morgan fingerprint density at radius 1 is 0.917 bits per heavy atom. The van der Waals surface area contributed by atoms with E-state index in [0.29, 0.717) is 11.4 Å². The fourth-order valence-electron chi connectivity index (χ4n) is 3.11. The molecule has 1 aromatic heterocycles. The SMILES string of the molecule is O=C(Nc1onc2c1CCCC2)c1ccc(-c2ccccc2)cc1. The van der Waals surface area contributed by atoms with Gasteiger partial charge in [-0.1, -0.05) is 47.6 Å². The Hall–Kier alpha value is -2.88. The molecule has 24 heavy (non-hydrogen) atoms. The van der Waals surface area contributed by atoms with Crippen molar-refractivity contribution >= 4 is 11.8 Å². The highest BCUT2D eigenvalue weighted by atomic mass is 16.5. The van der Waals surface area contributed by atoms with Gasteiger partial charge >= 0.3 is 0 Å². The molecule has 0 radical (unpaired) electrons. The summed E-state index contributed by atoms with van der Waals surface area (Å²) in [6, 6.07) is 17.7. The maximum atomic E-state index is 12.4. The smallest absolute Gasteiger partial charge is 0.258 e. The Morgan fingerprint density at radius 3 is 2.42 bits per heavy atom. The lowest BCUT2D eigenvalue weighted by Crippen LogP contribution is -2.13. The molecule has 0 atom stereocenters. The molecule has 3 aromatic rings. The fraction of sp³-hybridized carbons (Fsp3) is 0.200. The van der Waals surface area contributed by atoms with Crippen molar-refractivity contribution < 1.29 is 9.32 Å². The first-order valence-corrected chi connectivity index (χ1v) is 8.25. The van der Waals surface area contributed by atoms with Crippen LogP contribution in [0, 0.1) is 0 Å². The molecule has 0 unspecified atom stereocenters. The predicted octanol–water partition coefficient (Wildman–Crippen LogP) is 4.47. The Morgan fingerprint density at radius 2 is 1.62 bits per heavy atom. The van der Waals surface area contributed by atoms with Crippen molar-refractivity contribution in [3.05, 3.63) is 71.4 Å². The third kappa shape index (κ3) is 2.83. The van der Waals surface area contributed by atoms with Crippen LogP contribution in [-0.2, 0) is 12.8 Å². The van der Waals surface area contributed by atoms with Gasteiger partial charge in [0.15, 0.2) is 0 Å². The number of aromatic nitrogens is 1. The van der Waals surface area contributed by atoms with Crippen molar-refractivity contribution in [1.82, 2.24) is 5.16 Å². The molecular weight excluding hydrogens is 300 g/mol. The number of fused-ring (bicyclic) bond motifs is 1. The minimum absolute atomic E-state index is 0.167. The van der Waals surface area contributed by atoms with E-state index in [-0.39, 0.29) is 5.91 Å². The zero-order valence-corrected chi connectivity index (χ0v) is 13.3. The van der Waals surface area contributed by atoms with Gasteiger partial charge in [0.2, 0.25) is 5.88 Å². The van der Waals surface area contributed by atoms with Gasteiger partial charge in [0, 0.05) is 11.1 Å². The van der Waals surface area contributed by atoms with Crippen molar-refractivity contribution in [3.63, 3.8) is 0 Å². The van der Waals surface area contributed by atoms with E-state index in [1.165, 1.54) is 0 Å². The Labute approximate surface area is 140 Å². The van der Waals surface area contributed by atoms with E-state index < -0.39 is 0 Å². The van der Waals surface area contributed by atoms with Gasteiger partial charge in [0.05, 0.1) is 5.69 Å². The molecule has 4 heteroatoms. The van der Waals surface area contributed by atoms with Gasteiger partial charge in [0.1, 0.15) is 0 Å². The van der Waals surface area contributed by atoms with Crippen LogP contribution in [0.3, 0.4) is 0 Å². The van der Waals surface area contributed by atoms with Gasteiger partial charge in [-0.2, -0.15) is 0 Å². The summed E-state index contributed by atoms with van der Waals surface area (Å²) in [6.45, 7) is 0. The molecule has 0 aliphatic heterocycles. The van der Waals surface area contributed by atoms with Crippen LogP contribution in [0.2, 0.25) is 0 Å². The zero-order valence-electron chi connectivity index (χ0n) is 13.3. The standard InChI is InChI=1S/C20H18N2O2/c23-19(21-20-17-8-4-5-9-18(17)22-24-20)16-12-10-15(11-13-16)14-6-2-1-3-7-14/h1-3,6-7,10-13H,4-5,8-9H2,(H,21,23). The van der Waals surface area contributed by atoms with Crippen molar-refractivity contribution in [3.8, 4) is 11.1 Å². The maximum Gasteiger partial charge on any atom is 0.258 e. The average Bonchev–Trinajstić information content (AvgIpc) is 3.06. The van der Waals surface area contributed by atoms with Crippen molar-refractivity contribution in [2.75, 3.05) is 5.32 Å². The van der Waals surface area contributed by atoms with Crippen LogP contribution in [0.4, 0.5) is 5.88 Å². The molecule has 0 bridgehead atoms. The van der Waals surface area contributed by atoms with Gasteiger partial charge < -0.3 is 4.52 Å². The number of aryl methyl sites for hydroxylation is 1. The summed E-state index contributed by atoms with van der Waals surface area (Å²) >= 11 is 0. The molecule has 1 aliphatic rings. The molecule has 4 rings (SSSR count). The molecule has 1 heterocycles. The summed E-state index contributed by atoms with van der Waals surface area (Å²) in [5, 5.41) is 6.92. The van der Waals surface area contributed by atoms with E-state index in [4.69, 9.17) is 4.52 Å². The summed E-state index contributed by atoms with van der Waals surface area (Å²) in [4.78, 5) is 12.4. The molecule has 2 aromatic carbocycles. The highest BCUT2D eigenvalue weighted by molar-refractivity contribution is 6.04. The summed E-state index contributed by atoms with van der Waals surface area (Å²) < 4.78 is 5.32. The summed E-state index contributed by atoms with van der Waals surface area (Å²) in [5.74, 6) is 0.334. The van der Waals surface area contributed by atoms with Crippen LogP contribution in [0.25, 0.3) is 11.1 Å². The Balaban J connectivity index is 1.52. The first kappa shape index (κ1) is 14.7. The van der Waals surface area contributed by atoms with Gasteiger partial charge in [-0.05, 0) is 48.9 Å². The third-order valence-corrected chi connectivity index (χ3v) is 4.44. The van der Waals surface area contributed by atoms with E-state index in [1.54, 1.807) is 0 Å². The second kappa shape index (κ2) is 6.32. The molecule has 0 saturated heterocycles. The van der Waals surface area contributed by atoms with Crippen LogP contribution >= 0.6 is 0 Å². The highest BCUT2D eigenvalue weighted by Gasteiger charge is 2.21. The van der Waals surface area contributed by atoms with Crippen LogP contribution in [-0.4, -0.2) is 11.1 Å². The third-order valence-electron chi connectivity index (χ3n) is 4.44. The van der Waals surface area contributed by atoms with E-state index in [1.807, 2.05) is 42.5 Å². The Kier molecular flexibility index (Phi) is 3.87. The summed E-state index contributed by atoms with van der Waals surface area (Å²) in [6.07, 6.45) is 4.10. The number of carbonyl (C=O) groups excluding carboxylic acids is 1. The molecule has 0 fully saturated rings. The first-order chi connectivity index (χ1) is 11.8. The number of benzene rings is 2. The first-order valence-electron chi connectivity index (χ1n) is 8.25. The number of nitrogens with zero attached hydrogens (tertiary/aromatic N) is 1. The number of rotatable bonds is 3. The minimum atomic E-state index is -0.167. The molecule has 4 nitrogen and oxygen atoms in total. The van der Waals surface area contributed by atoms with Crippen molar-refractivity contribution in [2.45, 2.75) is 25.7 Å². The van der Waals surface area contributed by atoms with Crippen molar-refractivity contribution in [1.29, 1.82) is 0 Å². The monoisotopic (exact) mass is 318 g/mol. The molecule has 0 spiro atoms. The van der Waals surface area contributed by atoms with E-state index in [9.17, 15) is 4.79 Å². The molecular formula is C20H18N2O2. The van der Waals surface area contributed by atoms with Crippen molar-refractivity contribution in [2.24, 2.45) is 0 Å². The summed E-state index contributed by atoms with van der Waals surface area (Å²) in [5.41, 5.74) is 4.86. The topological polar surface area (TPSA) is 55.1 Å². The molecule has 1 N–H and O–H groups in total. The number of carbonyl (C=O) groups is 1. The van der Waals surface area contributed by atoms with Gasteiger partial charge in [0.25, 0.3) is 5.91 Å². The van der Waals surface area contributed by atoms with Gasteiger partial charge in [-0.15, -0.1) is 0 Å².